The molecule has 1 aromatic carbocycles. The van der Waals surface area contributed by atoms with Crippen molar-refractivity contribution in [2.75, 3.05) is 13.1 Å². The first-order valence-corrected chi connectivity index (χ1v) is 5.21. The smallest absolute Gasteiger partial charge is 0.0162 e. The van der Waals surface area contributed by atoms with Crippen LogP contribution in [0.15, 0.2) is 24.3 Å². The van der Waals surface area contributed by atoms with Crippen LogP contribution in [-0.4, -0.2) is 19.1 Å². The van der Waals surface area contributed by atoms with Crippen molar-refractivity contribution in [2.45, 2.75) is 26.3 Å². The molecule has 78 valence electrons. The minimum absolute atomic E-state index is 0.416. The average Bonchev–Trinajstić information content (AvgIpc) is 2.17. The van der Waals surface area contributed by atoms with Gasteiger partial charge in [0.15, 0.2) is 0 Å². The Bertz CT molecular complexity index is 271. The number of nitrogens with two attached hydrogens (primary N) is 1. The molecule has 2 heteroatoms. The maximum absolute atomic E-state index is 5.51. The molecule has 0 aliphatic rings. The first-order valence-electron chi connectivity index (χ1n) is 5.21. The van der Waals surface area contributed by atoms with E-state index in [1.165, 1.54) is 11.1 Å². The molecular formula is C12H20N2. The molecule has 1 rings (SSSR count). The molecule has 0 bridgehead atoms. The zero-order valence-corrected chi connectivity index (χ0v) is 9.09. The topological polar surface area (TPSA) is 38.0 Å². The summed E-state index contributed by atoms with van der Waals surface area (Å²) in [5, 5.41) is 3.38. The Labute approximate surface area is 86.5 Å². The fourth-order valence-corrected chi connectivity index (χ4v) is 1.41. The zero-order chi connectivity index (χ0) is 10.4. The van der Waals surface area contributed by atoms with Crippen molar-refractivity contribution in [1.82, 2.24) is 5.32 Å². The summed E-state index contributed by atoms with van der Waals surface area (Å²) in [6.07, 6.45) is 1.08. The van der Waals surface area contributed by atoms with Gasteiger partial charge < -0.3 is 11.1 Å². The van der Waals surface area contributed by atoms with Crippen LogP contribution in [0, 0.1) is 6.92 Å². The number of rotatable bonds is 5. The van der Waals surface area contributed by atoms with E-state index in [4.69, 9.17) is 5.73 Å². The molecule has 0 heterocycles. The second-order valence-electron chi connectivity index (χ2n) is 3.83. The molecule has 1 aromatic rings. The third-order valence-electron chi connectivity index (χ3n) is 2.34. The molecule has 0 radical (unpaired) electrons. The highest BCUT2D eigenvalue weighted by molar-refractivity contribution is 5.22. The summed E-state index contributed by atoms with van der Waals surface area (Å²) in [6, 6.07) is 9.05. The normalized spacial score (nSPS) is 12.8. The summed E-state index contributed by atoms with van der Waals surface area (Å²) < 4.78 is 0. The Balaban J connectivity index is 2.31. The molecule has 0 amide bonds. The Morgan fingerprint density at radius 3 is 2.86 bits per heavy atom. The highest BCUT2D eigenvalue weighted by Crippen LogP contribution is 2.03. The fraction of sp³-hybridized carbons (Fsp3) is 0.500. The summed E-state index contributed by atoms with van der Waals surface area (Å²) in [7, 11) is 0. The van der Waals surface area contributed by atoms with Crippen LogP contribution in [0.2, 0.25) is 0 Å². The molecule has 14 heavy (non-hydrogen) atoms. The summed E-state index contributed by atoms with van der Waals surface area (Å²) in [4.78, 5) is 0. The molecule has 0 saturated heterocycles. The van der Waals surface area contributed by atoms with E-state index in [0.29, 0.717) is 12.6 Å². The maximum Gasteiger partial charge on any atom is 0.0162 e. The van der Waals surface area contributed by atoms with Crippen LogP contribution >= 0.6 is 0 Å². The van der Waals surface area contributed by atoms with Crippen molar-refractivity contribution in [3.8, 4) is 0 Å². The van der Waals surface area contributed by atoms with Gasteiger partial charge in [-0.2, -0.15) is 0 Å². The number of nitrogens with one attached hydrogen (secondary N) is 1. The fourth-order valence-electron chi connectivity index (χ4n) is 1.41. The monoisotopic (exact) mass is 192 g/mol. The van der Waals surface area contributed by atoms with Gasteiger partial charge in [-0.25, -0.2) is 0 Å². The van der Waals surface area contributed by atoms with Crippen molar-refractivity contribution in [3.05, 3.63) is 35.4 Å². The highest BCUT2D eigenvalue weighted by atomic mass is 14.9. The number of aryl methyl sites for hydroxylation is 1. The van der Waals surface area contributed by atoms with Crippen LogP contribution in [-0.2, 0) is 6.42 Å². The van der Waals surface area contributed by atoms with E-state index >= 15 is 0 Å². The number of benzene rings is 1. The van der Waals surface area contributed by atoms with Gasteiger partial charge in [0, 0.05) is 12.6 Å². The Morgan fingerprint density at radius 2 is 2.21 bits per heavy atom. The standard InChI is InChI=1S/C12H20N2/c1-10-4-3-5-12(8-10)6-7-14-11(2)9-13/h3-5,8,11,14H,6-7,9,13H2,1-2H3/t11-/m1/s1. The molecule has 0 fully saturated rings. The Hall–Kier alpha value is -0.860. The van der Waals surface area contributed by atoms with E-state index < -0.39 is 0 Å². The van der Waals surface area contributed by atoms with Gasteiger partial charge in [0.25, 0.3) is 0 Å². The minimum atomic E-state index is 0.416. The third kappa shape index (κ3) is 3.90. The lowest BCUT2D eigenvalue weighted by Crippen LogP contribution is -2.34. The predicted molar refractivity (Wildman–Crippen MR) is 61.4 cm³/mol. The number of hydrogen-bond acceptors (Lipinski definition) is 2. The van der Waals surface area contributed by atoms with Crippen LogP contribution in [0.5, 0.6) is 0 Å². The lowest BCUT2D eigenvalue weighted by atomic mass is 10.1. The second kappa shape index (κ2) is 5.78. The van der Waals surface area contributed by atoms with Crippen molar-refractivity contribution >= 4 is 0 Å². The zero-order valence-electron chi connectivity index (χ0n) is 9.09. The Morgan fingerprint density at radius 1 is 1.43 bits per heavy atom. The van der Waals surface area contributed by atoms with E-state index in [1.54, 1.807) is 0 Å². The molecule has 0 aromatic heterocycles. The summed E-state index contributed by atoms with van der Waals surface area (Å²) in [5.41, 5.74) is 8.23. The second-order valence-corrected chi connectivity index (χ2v) is 3.83. The largest absolute Gasteiger partial charge is 0.329 e. The van der Waals surface area contributed by atoms with Crippen molar-refractivity contribution in [1.29, 1.82) is 0 Å². The molecular weight excluding hydrogens is 172 g/mol. The van der Waals surface area contributed by atoms with Crippen LogP contribution in [0.25, 0.3) is 0 Å². The molecule has 0 aliphatic heterocycles. The summed E-state index contributed by atoms with van der Waals surface area (Å²) in [6.45, 7) is 5.94. The van der Waals surface area contributed by atoms with Crippen LogP contribution in [0.1, 0.15) is 18.1 Å². The first kappa shape index (κ1) is 11.2. The van der Waals surface area contributed by atoms with Crippen molar-refractivity contribution in [3.63, 3.8) is 0 Å². The van der Waals surface area contributed by atoms with E-state index in [0.717, 1.165) is 13.0 Å². The van der Waals surface area contributed by atoms with E-state index in [2.05, 4.69) is 43.4 Å². The van der Waals surface area contributed by atoms with Gasteiger partial charge in [0.1, 0.15) is 0 Å². The van der Waals surface area contributed by atoms with Gasteiger partial charge in [0.2, 0.25) is 0 Å². The average molecular weight is 192 g/mol. The van der Waals surface area contributed by atoms with E-state index in [9.17, 15) is 0 Å². The predicted octanol–water partition coefficient (Wildman–Crippen LogP) is 1.47. The van der Waals surface area contributed by atoms with Gasteiger partial charge >= 0.3 is 0 Å². The summed E-state index contributed by atoms with van der Waals surface area (Å²) in [5.74, 6) is 0. The van der Waals surface area contributed by atoms with Crippen molar-refractivity contribution < 1.29 is 0 Å². The van der Waals surface area contributed by atoms with Gasteiger partial charge in [-0.15, -0.1) is 0 Å². The van der Waals surface area contributed by atoms with Gasteiger partial charge in [-0.05, 0) is 32.4 Å². The van der Waals surface area contributed by atoms with Crippen LogP contribution in [0.3, 0.4) is 0 Å². The lowest BCUT2D eigenvalue weighted by molar-refractivity contribution is 0.559. The quantitative estimate of drug-likeness (QED) is 0.741. The van der Waals surface area contributed by atoms with Gasteiger partial charge in [-0.1, -0.05) is 29.8 Å². The SMILES string of the molecule is Cc1cccc(CCN[C@H](C)CN)c1. The minimum Gasteiger partial charge on any atom is -0.329 e. The van der Waals surface area contributed by atoms with Crippen LogP contribution < -0.4 is 11.1 Å². The molecule has 0 unspecified atom stereocenters. The maximum atomic E-state index is 5.51. The highest BCUT2D eigenvalue weighted by Gasteiger charge is 1.97. The molecule has 1 atom stereocenters. The van der Waals surface area contributed by atoms with Crippen molar-refractivity contribution in [2.24, 2.45) is 5.73 Å². The molecule has 0 spiro atoms. The first-order chi connectivity index (χ1) is 6.72. The lowest BCUT2D eigenvalue weighted by Gasteiger charge is -2.10. The molecule has 0 saturated carbocycles. The van der Waals surface area contributed by atoms with E-state index in [-0.39, 0.29) is 0 Å². The number of hydrogen-bond donors (Lipinski definition) is 2. The molecule has 0 aliphatic carbocycles. The molecule has 2 nitrogen and oxygen atoms in total. The molecule has 3 N–H and O–H groups in total. The van der Waals surface area contributed by atoms with E-state index in [1.807, 2.05) is 0 Å². The Kier molecular flexibility index (Phi) is 4.63. The summed E-state index contributed by atoms with van der Waals surface area (Å²) >= 11 is 0. The van der Waals surface area contributed by atoms with Gasteiger partial charge in [-0.3, -0.25) is 0 Å². The van der Waals surface area contributed by atoms with Crippen LogP contribution in [0.4, 0.5) is 0 Å². The van der Waals surface area contributed by atoms with Gasteiger partial charge in [0.05, 0.1) is 0 Å². The third-order valence-corrected chi connectivity index (χ3v) is 2.34.